The van der Waals surface area contributed by atoms with E-state index in [0.29, 0.717) is 6.61 Å². The van der Waals surface area contributed by atoms with Gasteiger partial charge in [-0.1, -0.05) is 6.92 Å². The molecule has 0 radical (unpaired) electrons. The number of ether oxygens (including phenoxy) is 1. The lowest BCUT2D eigenvalue weighted by molar-refractivity contribution is -0.408. The van der Waals surface area contributed by atoms with Crippen LogP contribution >= 0.6 is 0 Å². The molecule has 0 aromatic heterocycles. The van der Waals surface area contributed by atoms with Crippen molar-refractivity contribution in [1.29, 1.82) is 0 Å². The minimum absolute atomic E-state index is 0.190. The first kappa shape index (κ1) is 8.43. The molecule has 0 spiro atoms. The summed E-state index contributed by atoms with van der Waals surface area (Å²) in [6.45, 7) is 4.15. The van der Waals surface area contributed by atoms with Gasteiger partial charge in [0.05, 0.1) is 6.61 Å². The lowest BCUT2D eigenvalue weighted by Gasteiger charge is -2.02. The van der Waals surface area contributed by atoms with E-state index in [1.807, 2.05) is 6.92 Å². The van der Waals surface area contributed by atoms with Gasteiger partial charge in [0.2, 0.25) is 0 Å². The summed E-state index contributed by atoms with van der Waals surface area (Å²) < 4.78 is 4.69. The maximum absolute atomic E-state index is 10.7. The third-order valence-corrected chi connectivity index (χ3v) is 1.11. The fourth-order valence-electron chi connectivity index (χ4n) is 0.427. The lowest BCUT2D eigenvalue weighted by Crippen LogP contribution is -2.64. The van der Waals surface area contributed by atoms with Crippen LogP contribution in [0.5, 0.6) is 0 Å². The Balaban J connectivity index is 3.46. The second-order valence-corrected chi connectivity index (χ2v) is 1.86. The Morgan fingerprint density at radius 2 is 2.22 bits per heavy atom. The van der Waals surface area contributed by atoms with Crippen LogP contribution in [0.4, 0.5) is 0 Å². The molecule has 9 heavy (non-hydrogen) atoms. The van der Waals surface area contributed by atoms with E-state index in [1.54, 1.807) is 6.92 Å². The van der Waals surface area contributed by atoms with Crippen molar-refractivity contribution in [3.8, 4) is 0 Å². The van der Waals surface area contributed by atoms with Gasteiger partial charge in [-0.2, -0.15) is 0 Å². The lowest BCUT2D eigenvalue weighted by atomic mass is 10.2. The van der Waals surface area contributed by atoms with Crippen LogP contribution in [-0.2, 0) is 9.53 Å². The molecule has 1 atom stereocenters. The van der Waals surface area contributed by atoms with Crippen molar-refractivity contribution in [2.45, 2.75) is 26.3 Å². The van der Waals surface area contributed by atoms with Crippen LogP contribution < -0.4 is 5.73 Å². The summed E-state index contributed by atoms with van der Waals surface area (Å²) in [6.07, 6.45) is 0.749. The summed E-state index contributed by atoms with van der Waals surface area (Å²) in [5.41, 5.74) is 3.60. The molecule has 0 amide bonds. The molecule has 0 saturated heterocycles. The molecule has 0 heterocycles. The zero-order valence-corrected chi connectivity index (χ0v) is 6.02. The van der Waals surface area contributed by atoms with E-state index >= 15 is 0 Å². The van der Waals surface area contributed by atoms with Crippen LogP contribution in [0.25, 0.3) is 0 Å². The highest BCUT2D eigenvalue weighted by molar-refractivity contribution is 5.73. The van der Waals surface area contributed by atoms with E-state index < -0.39 is 0 Å². The van der Waals surface area contributed by atoms with Gasteiger partial charge in [-0.15, -0.1) is 0 Å². The van der Waals surface area contributed by atoms with Gasteiger partial charge in [-0.05, 0) is 6.92 Å². The monoisotopic (exact) mass is 132 g/mol. The summed E-state index contributed by atoms with van der Waals surface area (Å²) in [7, 11) is 0. The molecule has 0 bridgehead atoms. The van der Waals surface area contributed by atoms with Gasteiger partial charge in [0.25, 0.3) is 0 Å². The molecule has 0 aliphatic heterocycles. The molecule has 0 fully saturated rings. The average molecular weight is 132 g/mol. The first-order valence-corrected chi connectivity index (χ1v) is 3.22. The van der Waals surface area contributed by atoms with Crippen molar-refractivity contribution in [2.75, 3.05) is 6.61 Å². The Morgan fingerprint density at radius 1 is 1.67 bits per heavy atom. The highest BCUT2D eigenvalue weighted by Gasteiger charge is 2.14. The van der Waals surface area contributed by atoms with Gasteiger partial charge in [-0.3, -0.25) is 0 Å². The van der Waals surface area contributed by atoms with Gasteiger partial charge < -0.3 is 10.5 Å². The molecule has 0 unspecified atom stereocenters. The predicted octanol–water partition coefficient (Wildman–Crippen LogP) is -0.430. The summed E-state index contributed by atoms with van der Waals surface area (Å²) in [5, 5.41) is 0. The Labute approximate surface area is 55.2 Å². The molecule has 0 aromatic rings. The quantitative estimate of drug-likeness (QED) is 0.530. The highest BCUT2D eigenvalue weighted by Crippen LogP contribution is 1.86. The van der Waals surface area contributed by atoms with Crippen LogP contribution in [0.1, 0.15) is 20.3 Å². The summed E-state index contributed by atoms with van der Waals surface area (Å²) in [4.78, 5) is 10.7. The van der Waals surface area contributed by atoms with Crippen LogP contribution in [0, 0.1) is 0 Å². The summed E-state index contributed by atoms with van der Waals surface area (Å²) in [6, 6.07) is -0.190. The number of quaternary nitrogens is 1. The minimum atomic E-state index is -0.194. The van der Waals surface area contributed by atoms with Gasteiger partial charge in [0, 0.05) is 6.42 Å². The number of esters is 1. The second-order valence-electron chi connectivity index (χ2n) is 1.86. The fraction of sp³-hybridized carbons (Fsp3) is 0.833. The zero-order valence-electron chi connectivity index (χ0n) is 6.02. The first-order valence-electron chi connectivity index (χ1n) is 3.22. The Morgan fingerprint density at radius 3 is 2.56 bits per heavy atom. The van der Waals surface area contributed by atoms with E-state index in [1.165, 1.54) is 0 Å². The number of rotatable bonds is 3. The standard InChI is InChI=1S/C6H13NO2/c1-3-5(7)6(8)9-4-2/h5H,3-4,7H2,1-2H3/p+1/t5-/m0/s1. The molecule has 0 aliphatic rings. The van der Waals surface area contributed by atoms with E-state index in [-0.39, 0.29) is 12.0 Å². The summed E-state index contributed by atoms with van der Waals surface area (Å²) >= 11 is 0. The maximum Gasteiger partial charge on any atom is 0.364 e. The maximum atomic E-state index is 10.7. The Hall–Kier alpha value is -0.570. The van der Waals surface area contributed by atoms with Crippen molar-refractivity contribution in [3.05, 3.63) is 0 Å². The molecule has 0 rings (SSSR count). The summed E-state index contributed by atoms with van der Waals surface area (Å²) in [5.74, 6) is -0.194. The molecule has 0 aliphatic carbocycles. The Bertz CT molecular complexity index is 93.1. The first-order chi connectivity index (χ1) is 4.22. The average Bonchev–Trinajstić information content (AvgIpc) is 1.87. The van der Waals surface area contributed by atoms with Crippen molar-refractivity contribution in [1.82, 2.24) is 0 Å². The molecule has 0 saturated carbocycles. The minimum Gasteiger partial charge on any atom is -0.462 e. The van der Waals surface area contributed by atoms with Crippen LogP contribution in [0.15, 0.2) is 0 Å². The van der Waals surface area contributed by atoms with Crippen molar-refractivity contribution in [3.63, 3.8) is 0 Å². The van der Waals surface area contributed by atoms with E-state index in [2.05, 4.69) is 5.73 Å². The highest BCUT2D eigenvalue weighted by atomic mass is 16.5. The third kappa shape index (κ3) is 3.08. The number of hydrogen-bond acceptors (Lipinski definition) is 2. The predicted molar refractivity (Wildman–Crippen MR) is 33.6 cm³/mol. The number of carbonyl (C=O) groups excluding carboxylic acids is 1. The van der Waals surface area contributed by atoms with E-state index in [4.69, 9.17) is 4.74 Å². The largest absolute Gasteiger partial charge is 0.462 e. The zero-order chi connectivity index (χ0) is 7.28. The fourth-order valence-corrected chi connectivity index (χ4v) is 0.427. The molecule has 3 N–H and O–H groups in total. The SMILES string of the molecule is CCOC(=O)[C@@H]([NH3+])CC. The molecule has 0 aromatic carbocycles. The topological polar surface area (TPSA) is 53.9 Å². The van der Waals surface area contributed by atoms with E-state index in [9.17, 15) is 4.79 Å². The normalized spacial score (nSPS) is 12.8. The van der Waals surface area contributed by atoms with Crippen LogP contribution in [0.3, 0.4) is 0 Å². The number of hydrogen-bond donors (Lipinski definition) is 1. The molecule has 54 valence electrons. The smallest absolute Gasteiger partial charge is 0.364 e. The van der Waals surface area contributed by atoms with Gasteiger partial charge in [-0.25, -0.2) is 4.79 Å². The molecular formula is C6H14NO2+. The molecule has 3 heteroatoms. The second kappa shape index (κ2) is 4.32. The van der Waals surface area contributed by atoms with Crippen molar-refractivity contribution in [2.24, 2.45) is 0 Å². The van der Waals surface area contributed by atoms with Crippen LogP contribution in [0.2, 0.25) is 0 Å². The van der Waals surface area contributed by atoms with Crippen molar-refractivity contribution < 1.29 is 15.3 Å². The third-order valence-electron chi connectivity index (χ3n) is 1.11. The van der Waals surface area contributed by atoms with E-state index in [0.717, 1.165) is 6.42 Å². The number of carbonyl (C=O) groups is 1. The Kier molecular flexibility index (Phi) is 4.05. The van der Waals surface area contributed by atoms with Gasteiger partial charge in [0.1, 0.15) is 0 Å². The molecule has 3 nitrogen and oxygen atoms in total. The van der Waals surface area contributed by atoms with Gasteiger partial charge in [0.15, 0.2) is 6.04 Å². The van der Waals surface area contributed by atoms with Crippen molar-refractivity contribution >= 4 is 5.97 Å². The van der Waals surface area contributed by atoms with Gasteiger partial charge >= 0.3 is 5.97 Å². The van der Waals surface area contributed by atoms with Crippen LogP contribution in [-0.4, -0.2) is 18.6 Å². The molecular weight excluding hydrogens is 118 g/mol.